The van der Waals surface area contributed by atoms with Crippen molar-refractivity contribution in [3.8, 4) is 0 Å². The van der Waals surface area contributed by atoms with Gasteiger partial charge in [0.05, 0.1) is 5.60 Å². The Labute approximate surface area is 103 Å². The van der Waals surface area contributed by atoms with Crippen LogP contribution in [0.25, 0.3) is 0 Å². The highest BCUT2D eigenvalue weighted by Gasteiger charge is 2.23. The Kier molecular flexibility index (Phi) is 4.66. The van der Waals surface area contributed by atoms with Crippen LogP contribution >= 0.6 is 0 Å². The fourth-order valence-corrected chi connectivity index (χ4v) is 1.69. The second kappa shape index (κ2) is 5.61. The quantitative estimate of drug-likeness (QED) is 0.827. The first-order valence-electron chi connectivity index (χ1n) is 6.02. The summed E-state index contributed by atoms with van der Waals surface area (Å²) in [6.07, 6.45) is 0. The molecular weight excluding hydrogens is 217 g/mol. The van der Waals surface area contributed by atoms with Gasteiger partial charge in [0.25, 0.3) is 0 Å². The van der Waals surface area contributed by atoms with Gasteiger partial charge in [0.2, 0.25) is 0 Å². The number of aliphatic hydroxyl groups is 1. The molecule has 1 aromatic rings. The molecule has 2 nitrogen and oxygen atoms in total. The van der Waals surface area contributed by atoms with E-state index in [0.717, 1.165) is 12.1 Å². The van der Waals surface area contributed by atoms with Gasteiger partial charge in [-0.3, -0.25) is 0 Å². The highest BCUT2D eigenvalue weighted by atomic mass is 19.1. The summed E-state index contributed by atoms with van der Waals surface area (Å²) in [5, 5.41) is 13.5. The maximum Gasteiger partial charge on any atom is 0.126 e. The number of aryl methyl sites for hydroxylation is 1. The van der Waals surface area contributed by atoms with Crippen molar-refractivity contribution in [2.75, 3.05) is 13.1 Å². The lowest BCUT2D eigenvalue weighted by molar-refractivity contribution is 0.0563. The summed E-state index contributed by atoms with van der Waals surface area (Å²) in [5.41, 5.74) is 0.340. The lowest BCUT2D eigenvalue weighted by Crippen LogP contribution is -2.37. The molecule has 0 saturated heterocycles. The molecular formula is C14H22FNO. The van der Waals surface area contributed by atoms with E-state index in [-0.39, 0.29) is 5.82 Å². The zero-order chi connectivity index (χ0) is 13.1. The molecule has 17 heavy (non-hydrogen) atoms. The summed E-state index contributed by atoms with van der Waals surface area (Å²) >= 11 is 0. The Morgan fingerprint density at radius 2 is 2.06 bits per heavy atom. The van der Waals surface area contributed by atoms with E-state index in [1.165, 1.54) is 6.07 Å². The van der Waals surface area contributed by atoms with E-state index in [1.807, 2.05) is 0 Å². The number of halogens is 1. The van der Waals surface area contributed by atoms with Gasteiger partial charge in [0.1, 0.15) is 5.82 Å². The van der Waals surface area contributed by atoms with E-state index in [4.69, 9.17) is 0 Å². The van der Waals surface area contributed by atoms with Crippen LogP contribution in [-0.2, 0) is 5.60 Å². The van der Waals surface area contributed by atoms with Crippen LogP contribution in [0, 0.1) is 18.7 Å². The van der Waals surface area contributed by atoms with Gasteiger partial charge in [-0.25, -0.2) is 4.39 Å². The second-order valence-electron chi connectivity index (χ2n) is 5.26. The van der Waals surface area contributed by atoms with Crippen LogP contribution in [0.3, 0.4) is 0 Å². The Morgan fingerprint density at radius 3 is 2.59 bits per heavy atom. The van der Waals surface area contributed by atoms with Gasteiger partial charge in [-0.05, 0) is 43.5 Å². The summed E-state index contributed by atoms with van der Waals surface area (Å²) in [6.45, 7) is 9.00. The molecule has 96 valence electrons. The fourth-order valence-electron chi connectivity index (χ4n) is 1.69. The van der Waals surface area contributed by atoms with Crippen LogP contribution in [0.2, 0.25) is 0 Å². The summed E-state index contributed by atoms with van der Waals surface area (Å²) in [7, 11) is 0. The van der Waals surface area contributed by atoms with Gasteiger partial charge >= 0.3 is 0 Å². The molecule has 0 saturated carbocycles. The van der Waals surface area contributed by atoms with Crippen molar-refractivity contribution in [2.45, 2.75) is 33.3 Å². The molecule has 0 bridgehead atoms. The van der Waals surface area contributed by atoms with E-state index in [1.54, 1.807) is 26.0 Å². The third-order valence-corrected chi connectivity index (χ3v) is 2.80. The fraction of sp³-hybridized carbons (Fsp3) is 0.571. The highest BCUT2D eigenvalue weighted by Crippen LogP contribution is 2.22. The maximum absolute atomic E-state index is 13.1. The average Bonchev–Trinajstić information content (AvgIpc) is 2.21. The Balaban J connectivity index is 2.71. The monoisotopic (exact) mass is 239 g/mol. The first kappa shape index (κ1) is 14.1. The van der Waals surface area contributed by atoms with Crippen molar-refractivity contribution in [1.29, 1.82) is 0 Å². The predicted octanol–water partition coefficient (Wildman–Crippen LogP) is 2.59. The van der Waals surface area contributed by atoms with Gasteiger partial charge in [0.15, 0.2) is 0 Å². The zero-order valence-corrected chi connectivity index (χ0v) is 11.0. The number of benzene rings is 1. The van der Waals surface area contributed by atoms with Crippen molar-refractivity contribution in [2.24, 2.45) is 5.92 Å². The average molecular weight is 239 g/mol. The van der Waals surface area contributed by atoms with E-state index >= 15 is 0 Å². The van der Waals surface area contributed by atoms with Gasteiger partial charge in [-0.15, -0.1) is 0 Å². The van der Waals surface area contributed by atoms with Crippen LogP contribution in [0.15, 0.2) is 18.2 Å². The van der Waals surface area contributed by atoms with Crippen LogP contribution < -0.4 is 5.32 Å². The minimum absolute atomic E-state index is 0.236. The van der Waals surface area contributed by atoms with Gasteiger partial charge in [0, 0.05) is 6.54 Å². The summed E-state index contributed by atoms with van der Waals surface area (Å²) in [4.78, 5) is 0. The molecule has 1 unspecified atom stereocenters. The van der Waals surface area contributed by atoms with Crippen LogP contribution in [0.1, 0.15) is 31.9 Å². The van der Waals surface area contributed by atoms with Crippen molar-refractivity contribution in [3.05, 3.63) is 35.1 Å². The second-order valence-corrected chi connectivity index (χ2v) is 5.26. The number of nitrogens with one attached hydrogen (secondary N) is 1. The Morgan fingerprint density at radius 1 is 1.41 bits per heavy atom. The number of hydrogen-bond acceptors (Lipinski definition) is 2. The normalized spacial score (nSPS) is 15.0. The predicted molar refractivity (Wildman–Crippen MR) is 68.4 cm³/mol. The molecule has 1 aromatic carbocycles. The van der Waals surface area contributed by atoms with Crippen molar-refractivity contribution in [3.63, 3.8) is 0 Å². The molecule has 0 aliphatic carbocycles. The van der Waals surface area contributed by atoms with E-state index < -0.39 is 5.60 Å². The largest absolute Gasteiger partial charge is 0.384 e. The maximum atomic E-state index is 13.1. The smallest absolute Gasteiger partial charge is 0.126 e. The molecule has 0 aliphatic heterocycles. The van der Waals surface area contributed by atoms with Gasteiger partial charge < -0.3 is 10.4 Å². The van der Waals surface area contributed by atoms with Crippen LogP contribution in [0.4, 0.5) is 4.39 Å². The van der Waals surface area contributed by atoms with Crippen molar-refractivity contribution < 1.29 is 9.50 Å². The molecule has 3 heteroatoms. The minimum atomic E-state index is -0.965. The molecule has 0 spiro atoms. The Bertz CT molecular complexity index is 374. The summed E-state index contributed by atoms with van der Waals surface area (Å²) in [6, 6.07) is 4.74. The lowest BCUT2D eigenvalue weighted by atomic mass is 9.94. The van der Waals surface area contributed by atoms with E-state index in [9.17, 15) is 9.50 Å². The van der Waals surface area contributed by atoms with Gasteiger partial charge in [-0.2, -0.15) is 0 Å². The molecule has 0 heterocycles. The SMILES string of the molecule is Cc1cc(C(C)(O)CNCC(C)C)ccc1F. The third kappa shape index (κ3) is 4.10. The first-order valence-corrected chi connectivity index (χ1v) is 6.02. The van der Waals surface area contributed by atoms with Crippen LogP contribution in [-0.4, -0.2) is 18.2 Å². The van der Waals surface area contributed by atoms with Crippen molar-refractivity contribution >= 4 is 0 Å². The molecule has 1 atom stereocenters. The van der Waals surface area contributed by atoms with Crippen LogP contribution in [0.5, 0.6) is 0 Å². The molecule has 2 N–H and O–H groups in total. The molecule has 1 rings (SSSR count). The lowest BCUT2D eigenvalue weighted by Gasteiger charge is -2.25. The summed E-state index contributed by atoms with van der Waals surface area (Å²) in [5.74, 6) is 0.306. The number of hydrogen-bond donors (Lipinski definition) is 2. The van der Waals surface area contributed by atoms with Crippen molar-refractivity contribution in [1.82, 2.24) is 5.32 Å². The first-order chi connectivity index (χ1) is 7.83. The standard InChI is InChI=1S/C14H22FNO/c1-10(2)8-16-9-14(4,17)12-5-6-13(15)11(3)7-12/h5-7,10,16-17H,8-9H2,1-4H3. The molecule has 0 amide bonds. The van der Waals surface area contributed by atoms with Gasteiger partial charge in [-0.1, -0.05) is 26.0 Å². The summed E-state index contributed by atoms with van der Waals surface area (Å²) < 4.78 is 13.1. The third-order valence-electron chi connectivity index (χ3n) is 2.80. The topological polar surface area (TPSA) is 32.3 Å². The highest BCUT2D eigenvalue weighted by molar-refractivity contribution is 5.28. The molecule has 0 aromatic heterocycles. The van der Waals surface area contributed by atoms with E-state index in [2.05, 4.69) is 19.2 Å². The zero-order valence-electron chi connectivity index (χ0n) is 11.0. The molecule has 0 fully saturated rings. The van der Waals surface area contributed by atoms with E-state index in [0.29, 0.717) is 18.0 Å². The minimum Gasteiger partial charge on any atom is -0.384 e. The molecule has 0 aliphatic rings. The molecule has 0 radical (unpaired) electrons. The Hall–Kier alpha value is -0.930. The number of rotatable bonds is 5.